The lowest BCUT2D eigenvalue weighted by molar-refractivity contribution is 0.0372. The summed E-state index contributed by atoms with van der Waals surface area (Å²) < 4.78 is 7.47. The molecule has 0 saturated carbocycles. The number of nitrogens with one attached hydrogen (secondary N) is 3. The van der Waals surface area contributed by atoms with Gasteiger partial charge in [-0.2, -0.15) is 10.4 Å². The van der Waals surface area contributed by atoms with E-state index >= 15 is 0 Å². The molecule has 148 valence electrons. The van der Waals surface area contributed by atoms with Crippen molar-refractivity contribution in [1.82, 2.24) is 35.3 Å². The van der Waals surface area contributed by atoms with E-state index in [4.69, 9.17) is 10.00 Å². The molecule has 0 aliphatic carbocycles. The van der Waals surface area contributed by atoms with Crippen molar-refractivity contribution in [3.05, 3.63) is 36.4 Å². The smallest absolute Gasteiger partial charge is 0.158 e. The minimum atomic E-state index is 0.0642. The van der Waals surface area contributed by atoms with Crippen molar-refractivity contribution in [2.24, 2.45) is 7.05 Å². The second-order valence-corrected chi connectivity index (χ2v) is 6.47. The topological polar surface area (TPSA) is 138 Å². The summed E-state index contributed by atoms with van der Waals surface area (Å²) in [6.45, 7) is 2.97. The van der Waals surface area contributed by atoms with Gasteiger partial charge in [0.25, 0.3) is 0 Å². The van der Waals surface area contributed by atoms with E-state index in [2.05, 4.69) is 41.2 Å². The van der Waals surface area contributed by atoms with Gasteiger partial charge in [-0.3, -0.25) is 4.68 Å². The van der Waals surface area contributed by atoms with Crippen molar-refractivity contribution in [3.63, 3.8) is 0 Å². The highest BCUT2D eigenvalue weighted by Gasteiger charge is 2.17. The third kappa shape index (κ3) is 4.63. The highest BCUT2D eigenvalue weighted by molar-refractivity contribution is 5.74. The zero-order valence-corrected chi connectivity index (χ0v) is 15.8. The number of nitrogens with zero attached hydrogens (tertiary/aromatic N) is 7. The number of anilines is 3. The molecule has 29 heavy (non-hydrogen) atoms. The van der Waals surface area contributed by atoms with E-state index < -0.39 is 0 Å². The van der Waals surface area contributed by atoms with Crippen LogP contribution < -0.4 is 16.0 Å². The normalized spacial score (nSPS) is 16.2. The summed E-state index contributed by atoms with van der Waals surface area (Å²) in [6.07, 6.45) is 4.79. The van der Waals surface area contributed by atoms with Gasteiger partial charge in [-0.25, -0.2) is 9.97 Å². The lowest BCUT2D eigenvalue weighted by Gasteiger charge is -2.24. The van der Waals surface area contributed by atoms with Gasteiger partial charge >= 0.3 is 0 Å². The standard InChI is InChI=1S/C18H20N10O/c1-28-4-2-14(27-28)18-15(22-10-13-9-20-3-5-29-13)6-16(25-26-18)24-17-11-21-12(7-19)8-23-17/h2,4,6,8,11,13,20H,3,5,9-10H2,1H3,(H2,22,23,24,25). The molecule has 0 amide bonds. The van der Waals surface area contributed by atoms with Crippen molar-refractivity contribution in [3.8, 4) is 17.5 Å². The highest BCUT2D eigenvalue weighted by atomic mass is 16.5. The van der Waals surface area contributed by atoms with E-state index in [1.165, 1.54) is 12.4 Å². The van der Waals surface area contributed by atoms with Crippen LogP contribution in [0.4, 0.5) is 17.3 Å². The molecule has 11 nitrogen and oxygen atoms in total. The Morgan fingerprint density at radius 1 is 1.31 bits per heavy atom. The molecule has 1 atom stereocenters. The molecule has 0 aromatic carbocycles. The Morgan fingerprint density at radius 2 is 2.24 bits per heavy atom. The van der Waals surface area contributed by atoms with E-state index in [0.29, 0.717) is 30.5 Å². The van der Waals surface area contributed by atoms with E-state index in [9.17, 15) is 0 Å². The molecule has 3 N–H and O–H groups in total. The summed E-state index contributed by atoms with van der Waals surface area (Å²) in [5.41, 5.74) is 2.38. The van der Waals surface area contributed by atoms with Gasteiger partial charge in [0.1, 0.15) is 23.3 Å². The SMILES string of the molecule is Cn1ccc(-c2nnc(Nc3cnc(C#N)cn3)cc2NCC2CNCCO2)n1. The molecule has 0 spiro atoms. The highest BCUT2D eigenvalue weighted by Crippen LogP contribution is 2.26. The van der Waals surface area contributed by atoms with E-state index in [1.54, 1.807) is 4.68 Å². The number of hydrogen-bond donors (Lipinski definition) is 3. The van der Waals surface area contributed by atoms with Crippen molar-refractivity contribution >= 4 is 17.3 Å². The fraction of sp³-hybridized carbons (Fsp3) is 0.333. The average molecular weight is 392 g/mol. The molecule has 3 aromatic rings. The van der Waals surface area contributed by atoms with Gasteiger partial charge in [0.05, 0.1) is 30.8 Å². The Labute approximate surface area is 167 Å². The van der Waals surface area contributed by atoms with Gasteiger partial charge in [0, 0.05) is 38.9 Å². The van der Waals surface area contributed by atoms with Gasteiger partial charge in [-0.1, -0.05) is 0 Å². The second kappa shape index (κ2) is 8.59. The fourth-order valence-corrected chi connectivity index (χ4v) is 2.87. The van der Waals surface area contributed by atoms with Gasteiger partial charge in [-0.15, -0.1) is 10.2 Å². The van der Waals surface area contributed by atoms with Gasteiger partial charge < -0.3 is 20.7 Å². The first kappa shape index (κ1) is 18.7. The summed E-state index contributed by atoms with van der Waals surface area (Å²) in [4.78, 5) is 8.14. The van der Waals surface area contributed by atoms with Crippen molar-refractivity contribution in [1.29, 1.82) is 5.26 Å². The van der Waals surface area contributed by atoms with Crippen LogP contribution in [-0.4, -0.2) is 62.3 Å². The van der Waals surface area contributed by atoms with Crippen LogP contribution in [-0.2, 0) is 11.8 Å². The monoisotopic (exact) mass is 392 g/mol. The number of rotatable bonds is 6. The number of morpholine rings is 1. The number of hydrogen-bond acceptors (Lipinski definition) is 10. The van der Waals surface area contributed by atoms with Crippen molar-refractivity contribution in [2.75, 3.05) is 36.9 Å². The van der Waals surface area contributed by atoms with Crippen molar-refractivity contribution < 1.29 is 4.74 Å². The Balaban J connectivity index is 1.57. The molecular weight excluding hydrogens is 372 g/mol. The van der Waals surface area contributed by atoms with Crippen LogP contribution in [0.3, 0.4) is 0 Å². The summed E-state index contributed by atoms with van der Waals surface area (Å²) >= 11 is 0. The summed E-state index contributed by atoms with van der Waals surface area (Å²) in [5.74, 6) is 0.962. The summed E-state index contributed by atoms with van der Waals surface area (Å²) in [5, 5.41) is 31.6. The first-order valence-electron chi connectivity index (χ1n) is 9.14. The minimum Gasteiger partial charge on any atom is -0.380 e. The molecule has 1 fully saturated rings. The maximum absolute atomic E-state index is 8.84. The molecule has 1 aliphatic heterocycles. The molecule has 0 radical (unpaired) electrons. The predicted molar refractivity (Wildman–Crippen MR) is 105 cm³/mol. The van der Waals surface area contributed by atoms with Crippen molar-refractivity contribution in [2.45, 2.75) is 6.10 Å². The van der Waals surface area contributed by atoms with Crippen LogP contribution in [0.5, 0.6) is 0 Å². The fourth-order valence-electron chi connectivity index (χ4n) is 2.87. The number of ether oxygens (including phenoxy) is 1. The molecule has 1 saturated heterocycles. The first-order chi connectivity index (χ1) is 14.2. The Morgan fingerprint density at radius 3 is 2.93 bits per heavy atom. The quantitative estimate of drug-likeness (QED) is 0.549. The maximum Gasteiger partial charge on any atom is 0.158 e. The zero-order valence-electron chi connectivity index (χ0n) is 15.8. The average Bonchev–Trinajstić information content (AvgIpc) is 3.20. The van der Waals surface area contributed by atoms with Gasteiger partial charge in [0.2, 0.25) is 0 Å². The molecule has 4 heterocycles. The number of aryl methyl sites for hydroxylation is 1. The van der Waals surface area contributed by atoms with Crippen LogP contribution in [0, 0.1) is 11.3 Å². The summed E-state index contributed by atoms with van der Waals surface area (Å²) in [7, 11) is 1.85. The molecule has 4 rings (SSSR count). The summed E-state index contributed by atoms with van der Waals surface area (Å²) in [6, 6.07) is 5.66. The number of nitriles is 1. The van der Waals surface area contributed by atoms with E-state index in [1.807, 2.05) is 31.4 Å². The Kier molecular flexibility index (Phi) is 5.55. The van der Waals surface area contributed by atoms with Gasteiger partial charge in [-0.05, 0) is 6.07 Å². The number of aromatic nitrogens is 6. The molecule has 0 bridgehead atoms. The maximum atomic E-state index is 8.84. The lowest BCUT2D eigenvalue weighted by atomic mass is 10.2. The third-order valence-electron chi connectivity index (χ3n) is 4.30. The van der Waals surface area contributed by atoms with Crippen LogP contribution in [0.15, 0.2) is 30.7 Å². The molecule has 11 heteroatoms. The van der Waals surface area contributed by atoms with Crippen LogP contribution in [0.1, 0.15) is 5.69 Å². The van der Waals surface area contributed by atoms with Gasteiger partial charge in [0.15, 0.2) is 11.5 Å². The Hall–Kier alpha value is -3.62. The largest absolute Gasteiger partial charge is 0.380 e. The van der Waals surface area contributed by atoms with E-state index in [-0.39, 0.29) is 11.8 Å². The van der Waals surface area contributed by atoms with Crippen LogP contribution in [0.25, 0.3) is 11.4 Å². The second-order valence-electron chi connectivity index (χ2n) is 6.47. The molecular formula is C18H20N10O. The van der Waals surface area contributed by atoms with Crippen LogP contribution >= 0.6 is 0 Å². The van der Waals surface area contributed by atoms with E-state index in [0.717, 1.165) is 24.5 Å². The minimum absolute atomic E-state index is 0.0642. The predicted octanol–water partition coefficient (Wildman–Crippen LogP) is 0.683. The lowest BCUT2D eigenvalue weighted by Crippen LogP contribution is -2.42. The zero-order chi connectivity index (χ0) is 20.1. The third-order valence-corrected chi connectivity index (χ3v) is 4.30. The molecule has 3 aromatic heterocycles. The molecule has 1 unspecified atom stereocenters. The Bertz CT molecular complexity index is 1000. The first-order valence-corrected chi connectivity index (χ1v) is 9.14. The molecule has 1 aliphatic rings. The van der Waals surface area contributed by atoms with Crippen LogP contribution in [0.2, 0.25) is 0 Å².